The highest BCUT2D eigenvalue weighted by molar-refractivity contribution is 6.19. The van der Waals surface area contributed by atoms with Crippen molar-refractivity contribution < 1.29 is 0 Å². The molecule has 4 aromatic carbocycles. The fourth-order valence-corrected chi connectivity index (χ4v) is 7.09. The Hall–Kier alpha value is -5.28. The van der Waals surface area contributed by atoms with Gasteiger partial charge in [0.1, 0.15) is 11.6 Å². The molecule has 212 valence electrons. The molecule has 8 rings (SSSR count). The molecule has 0 bridgehead atoms. The molecule has 1 aliphatic carbocycles. The van der Waals surface area contributed by atoms with Crippen LogP contribution in [0.1, 0.15) is 43.9 Å². The lowest BCUT2D eigenvalue weighted by Crippen LogP contribution is -2.31. The smallest absolute Gasteiger partial charge is 0.142 e. The standard InChI is InChI=1S/C41H33N3/c1-27-12-10-13-28(21-20-27)38-30-14-4-6-16-32(30)39(33-17-7-5-15-31(33)38)29-22-23-36-35(26-29)41(2,3)34-18-11-25-43-40(34)44(36)37-19-8-9-24-42-37/h4-9,11-26H,10H2,1-3H3. The topological polar surface area (TPSA) is 29.0 Å². The van der Waals surface area contributed by atoms with Gasteiger partial charge in [-0.3, -0.25) is 4.90 Å². The van der Waals surface area contributed by atoms with Gasteiger partial charge < -0.3 is 0 Å². The van der Waals surface area contributed by atoms with Crippen LogP contribution in [-0.4, -0.2) is 9.97 Å². The van der Waals surface area contributed by atoms with Crippen LogP contribution in [-0.2, 0) is 5.41 Å². The average Bonchev–Trinajstić information content (AvgIpc) is 3.28. The van der Waals surface area contributed by atoms with Gasteiger partial charge in [-0.15, -0.1) is 0 Å². The highest BCUT2D eigenvalue weighted by Gasteiger charge is 2.38. The maximum absolute atomic E-state index is 4.87. The van der Waals surface area contributed by atoms with Gasteiger partial charge >= 0.3 is 0 Å². The average molecular weight is 568 g/mol. The maximum Gasteiger partial charge on any atom is 0.142 e. The molecular weight excluding hydrogens is 534 g/mol. The van der Waals surface area contributed by atoms with Crippen molar-refractivity contribution in [3.8, 4) is 11.1 Å². The van der Waals surface area contributed by atoms with E-state index in [2.05, 4.69) is 129 Å². The quantitative estimate of drug-likeness (QED) is 0.199. The second-order valence-electron chi connectivity index (χ2n) is 12.3. The molecular formula is C41H33N3. The molecule has 2 aromatic heterocycles. The van der Waals surface area contributed by atoms with Crippen LogP contribution in [0.15, 0.2) is 139 Å². The van der Waals surface area contributed by atoms with Crippen LogP contribution in [0.25, 0.3) is 38.2 Å². The summed E-state index contributed by atoms with van der Waals surface area (Å²) in [5, 5.41) is 5.08. The first kappa shape index (κ1) is 26.4. The molecule has 0 radical (unpaired) electrons. The van der Waals surface area contributed by atoms with Crippen molar-refractivity contribution in [2.24, 2.45) is 0 Å². The van der Waals surface area contributed by atoms with Gasteiger partial charge in [-0.2, -0.15) is 0 Å². The van der Waals surface area contributed by atoms with E-state index >= 15 is 0 Å². The molecule has 3 heteroatoms. The number of pyridine rings is 2. The number of aromatic nitrogens is 2. The lowest BCUT2D eigenvalue weighted by Gasteiger charge is -2.40. The van der Waals surface area contributed by atoms with E-state index in [1.54, 1.807) is 0 Å². The lowest BCUT2D eigenvalue weighted by atomic mass is 9.73. The summed E-state index contributed by atoms with van der Waals surface area (Å²) in [7, 11) is 0. The molecule has 0 N–H and O–H groups in total. The number of anilines is 3. The summed E-state index contributed by atoms with van der Waals surface area (Å²) in [6.45, 7) is 6.80. The Balaban J connectivity index is 1.41. The zero-order chi connectivity index (χ0) is 29.8. The number of hydrogen-bond donors (Lipinski definition) is 0. The normalized spacial score (nSPS) is 15.4. The van der Waals surface area contributed by atoms with Crippen LogP contribution in [0, 0.1) is 0 Å². The zero-order valence-corrected chi connectivity index (χ0v) is 25.3. The molecule has 3 nitrogen and oxygen atoms in total. The first-order chi connectivity index (χ1) is 21.5. The molecule has 0 spiro atoms. The third-order valence-electron chi connectivity index (χ3n) is 9.27. The number of nitrogens with zero attached hydrogens (tertiary/aromatic N) is 3. The van der Waals surface area contributed by atoms with Crippen LogP contribution in [0.2, 0.25) is 0 Å². The Bertz CT molecular complexity index is 2130. The Morgan fingerprint density at radius 1 is 0.636 bits per heavy atom. The second-order valence-corrected chi connectivity index (χ2v) is 12.3. The summed E-state index contributed by atoms with van der Waals surface area (Å²) in [6.07, 6.45) is 13.8. The van der Waals surface area contributed by atoms with Crippen molar-refractivity contribution in [1.29, 1.82) is 0 Å². The molecule has 0 atom stereocenters. The fourth-order valence-electron chi connectivity index (χ4n) is 7.09. The van der Waals surface area contributed by atoms with Gasteiger partial charge in [-0.25, -0.2) is 9.97 Å². The number of fused-ring (bicyclic) bond motifs is 4. The third kappa shape index (κ3) is 4.04. The van der Waals surface area contributed by atoms with Gasteiger partial charge in [0.2, 0.25) is 0 Å². The van der Waals surface area contributed by atoms with Crippen LogP contribution in [0.3, 0.4) is 0 Å². The predicted molar refractivity (Wildman–Crippen MR) is 185 cm³/mol. The fraction of sp³-hybridized carbons (Fsp3) is 0.122. The van der Waals surface area contributed by atoms with E-state index in [-0.39, 0.29) is 5.41 Å². The molecule has 0 saturated carbocycles. The highest BCUT2D eigenvalue weighted by atomic mass is 15.2. The van der Waals surface area contributed by atoms with Crippen LogP contribution in [0.5, 0.6) is 0 Å². The Kier molecular flexibility index (Phi) is 6.09. The van der Waals surface area contributed by atoms with Crippen LogP contribution >= 0.6 is 0 Å². The molecule has 44 heavy (non-hydrogen) atoms. The van der Waals surface area contributed by atoms with Gasteiger partial charge in [0.25, 0.3) is 0 Å². The van der Waals surface area contributed by atoms with Gasteiger partial charge in [0.05, 0.1) is 5.69 Å². The van der Waals surface area contributed by atoms with Gasteiger partial charge in [0, 0.05) is 23.4 Å². The van der Waals surface area contributed by atoms with Crippen molar-refractivity contribution >= 4 is 44.4 Å². The van der Waals surface area contributed by atoms with Crippen molar-refractivity contribution in [3.05, 3.63) is 156 Å². The third-order valence-corrected chi connectivity index (χ3v) is 9.27. The molecule has 0 amide bonds. The summed E-state index contributed by atoms with van der Waals surface area (Å²) < 4.78 is 0. The van der Waals surface area contributed by atoms with Crippen LogP contribution < -0.4 is 4.90 Å². The zero-order valence-electron chi connectivity index (χ0n) is 25.3. The first-order valence-corrected chi connectivity index (χ1v) is 15.3. The summed E-state index contributed by atoms with van der Waals surface area (Å²) in [4.78, 5) is 11.8. The van der Waals surface area contributed by atoms with E-state index < -0.39 is 0 Å². The minimum Gasteiger partial charge on any atom is -0.278 e. The van der Waals surface area contributed by atoms with E-state index in [1.807, 2.05) is 30.6 Å². The van der Waals surface area contributed by atoms with Crippen molar-refractivity contribution in [2.75, 3.05) is 4.90 Å². The molecule has 2 aliphatic rings. The largest absolute Gasteiger partial charge is 0.278 e. The summed E-state index contributed by atoms with van der Waals surface area (Å²) in [6, 6.07) is 35.1. The van der Waals surface area contributed by atoms with Crippen molar-refractivity contribution in [3.63, 3.8) is 0 Å². The number of benzene rings is 4. The van der Waals surface area contributed by atoms with E-state index in [0.29, 0.717) is 0 Å². The van der Waals surface area contributed by atoms with E-state index in [4.69, 9.17) is 9.97 Å². The SMILES string of the molecule is CC1=CCC=C(c2c3ccccc3c(-c3ccc4c(c3)C(C)(C)c3cccnc3N4c3ccccn3)c3ccccc23)C=C1. The van der Waals surface area contributed by atoms with Crippen molar-refractivity contribution in [2.45, 2.75) is 32.6 Å². The Morgan fingerprint density at radius 2 is 1.32 bits per heavy atom. The van der Waals surface area contributed by atoms with Gasteiger partial charge in [-0.05, 0) is 93.0 Å². The molecule has 1 aliphatic heterocycles. The second kappa shape index (κ2) is 10.2. The predicted octanol–water partition coefficient (Wildman–Crippen LogP) is 10.8. The lowest BCUT2D eigenvalue weighted by molar-refractivity contribution is 0.627. The summed E-state index contributed by atoms with van der Waals surface area (Å²) in [5.74, 6) is 1.80. The number of rotatable bonds is 3. The highest BCUT2D eigenvalue weighted by Crippen LogP contribution is 2.52. The van der Waals surface area contributed by atoms with Crippen molar-refractivity contribution in [1.82, 2.24) is 9.97 Å². The first-order valence-electron chi connectivity index (χ1n) is 15.3. The molecule has 0 fully saturated rings. The van der Waals surface area contributed by atoms with Gasteiger partial charge in [-0.1, -0.05) is 110 Å². The minimum atomic E-state index is -0.257. The molecule has 6 aromatic rings. The molecule has 0 unspecified atom stereocenters. The maximum atomic E-state index is 4.87. The van der Waals surface area contributed by atoms with E-state index in [1.165, 1.54) is 60.5 Å². The number of allylic oxidation sites excluding steroid dienone is 6. The Morgan fingerprint density at radius 3 is 2.02 bits per heavy atom. The monoisotopic (exact) mass is 567 g/mol. The molecule has 0 saturated heterocycles. The van der Waals surface area contributed by atoms with Gasteiger partial charge in [0.15, 0.2) is 0 Å². The number of hydrogen-bond acceptors (Lipinski definition) is 3. The van der Waals surface area contributed by atoms with E-state index in [9.17, 15) is 0 Å². The summed E-state index contributed by atoms with van der Waals surface area (Å²) in [5.41, 5.74) is 9.68. The summed E-state index contributed by atoms with van der Waals surface area (Å²) >= 11 is 0. The van der Waals surface area contributed by atoms with Crippen LogP contribution in [0.4, 0.5) is 17.3 Å². The Labute approximate surface area is 258 Å². The van der Waals surface area contributed by atoms with E-state index in [0.717, 1.165) is 23.7 Å². The molecule has 3 heterocycles. The minimum absolute atomic E-state index is 0.257.